The smallest absolute Gasteiger partial charge is 0.277 e. The van der Waals surface area contributed by atoms with Gasteiger partial charge in [-0.25, -0.2) is 0 Å². The molecular formula is C25H26N4O5. The summed E-state index contributed by atoms with van der Waals surface area (Å²) < 4.78 is 18.2. The molecule has 176 valence electrons. The SMILES string of the molecule is COc1ccc(CNC(=O)C2(C)Cn3nc(C)cc3C(=O)N2c2ccc3c(c2)OCCO3)cc1. The second kappa shape index (κ2) is 8.40. The average Bonchev–Trinajstić information content (AvgIpc) is 3.22. The third-order valence-corrected chi connectivity index (χ3v) is 6.16. The van der Waals surface area contributed by atoms with Gasteiger partial charge in [0.25, 0.3) is 5.91 Å². The number of hydrogen-bond acceptors (Lipinski definition) is 6. The van der Waals surface area contributed by atoms with Crippen LogP contribution in [0.4, 0.5) is 5.69 Å². The fourth-order valence-electron chi connectivity index (χ4n) is 4.40. The number of aryl methyl sites for hydroxylation is 1. The van der Waals surface area contributed by atoms with Gasteiger partial charge in [0.05, 0.1) is 19.3 Å². The Morgan fingerprint density at radius 1 is 1.12 bits per heavy atom. The van der Waals surface area contributed by atoms with Gasteiger partial charge in [0.15, 0.2) is 11.5 Å². The summed E-state index contributed by atoms with van der Waals surface area (Å²) in [6, 6.07) is 14.5. The molecule has 1 aromatic heterocycles. The standard InChI is InChI=1S/C25H26N4O5/c1-16-12-20-23(30)29(18-6-9-21-22(13-18)34-11-10-33-21)25(2,15-28(20)27-16)24(31)26-14-17-4-7-19(32-3)8-5-17/h4-9,12-13H,10-11,14-15H2,1-3H3,(H,26,31). The molecule has 0 bridgehead atoms. The molecule has 0 saturated heterocycles. The molecule has 0 saturated carbocycles. The Morgan fingerprint density at radius 2 is 1.85 bits per heavy atom. The lowest BCUT2D eigenvalue weighted by Gasteiger charge is -2.43. The largest absolute Gasteiger partial charge is 0.497 e. The topological polar surface area (TPSA) is 94.9 Å². The Balaban J connectivity index is 1.49. The summed E-state index contributed by atoms with van der Waals surface area (Å²) >= 11 is 0. The fourth-order valence-corrected chi connectivity index (χ4v) is 4.40. The van der Waals surface area contributed by atoms with Crippen LogP contribution in [0.15, 0.2) is 48.5 Å². The molecule has 0 fully saturated rings. The zero-order valence-corrected chi connectivity index (χ0v) is 19.3. The molecule has 3 heterocycles. The van der Waals surface area contributed by atoms with Crippen LogP contribution in [-0.2, 0) is 17.9 Å². The first-order valence-electron chi connectivity index (χ1n) is 11.1. The predicted molar refractivity (Wildman–Crippen MR) is 124 cm³/mol. The number of nitrogens with zero attached hydrogens (tertiary/aromatic N) is 3. The molecule has 9 nitrogen and oxygen atoms in total. The maximum atomic E-state index is 13.7. The van der Waals surface area contributed by atoms with Crippen LogP contribution < -0.4 is 24.4 Å². The summed E-state index contributed by atoms with van der Waals surface area (Å²) in [5.74, 6) is 1.32. The molecule has 9 heteroatoms. The van der Waals surface area contributed by atoms with Crippen LogP contribution in [0, 0.1) is 6.92 Å². The number of rotatable bonds is 5. The lowest BCUT2D eigenvalue weighted by Crippen LogP contribution is -2.64. The van der Waals surface area contributed by atoms with Crippen LogP contribution in [0.2, 0.25) is 0 Å². The number of hydrogen-bond donors (Lipinski definition) is 1. The number of methoxy groups -OCH3 is 1. The number of carbonyl (C=O) groups is 2. The molecule has 2 aliphatic heterocycles. The third kappa shape index (κ3) is 3.72. The summed E-state index contributed by atoms with van der Waals surface area (Å²) in [4.78, 5) is 28.8. The van der Waals surface area contributed by atoms with E-state index in [0.717, 1.165) is 11.3 Å². The number of amides is 2. The number of aromatic nitrogens is 2. The highest BCUT2D eigenvalue weighted by Gasteiger charge is 2.49. The average molecular weight is 463 g/mol. The van der Waals surface area contributed by atoms with Crippen LogP contribution in [0.5, 0.6) is 17.2 Å². The third-order valence-electron chi connectivity index (χ3n) is 6.16. The number of carbonyl (C=O) groups excluding carboxylic acids is 2. The molecule has 0 spiro atoms. The highest BCUT2D eigenvalue weighted by molar-refractivity contribution is 6.12. The first-order valence-corrected chi connectivity index (χ1v) is 11.1. The molecule has 2 amide bonds. The van der Waals surface area contributed by atoms with Gasteiger partial charge in [0, 0.05) is 18.3 Å². The van der Waals surface area contributed by atoms with Gasteiger partial charge in [-0.15, -0.1) is 0 Å². The number of nitrogens with one attached hydrogen (secondary N) is 1. The van der Waals surface area contributed by atoms with Crippen LogP contribution in [0.1, 0.15) is 28.7 Å². The zero-order valence-electron chi connectivity index (χ0n) is 19.3. The molecule has 1 unspecified atom stereocenters. The fraction of sp³-hybridized carbons (Fsp3) is 0.320. The Hall–Kier alpha value is -4.01. The van der Waals surface area contributed by atoms with Gasteiger partial charge < -0.3 is 19.5 Å². The van der Waals surface area contributed by atoms with E-state index in [9.17, 15) is 9.59 Å². The molecule has 34 heavy (non-hydrogen) atoms. The molecule has 2 aliphatic rings. The van der Waals surface area contributed by atoms with E-state index in [2.05, 4.69) is 10.4 Å². The Labute approximate surface area is 197 Å². The second-order valence-electron chi connectivity index (χ2n) is 8.60. The minimum absolute atomic E-state index is 0.213. The van der Waals surface area contributed by atoms with E-state index in [1.165, 1.54) is 4.90 Å². The lowest BCUT2D eigenvalue weighted by molar-refractivity contribution is -0.126. The van der Waals surface area contributed by atoms with E-state index < -0.39 is 5.54 Å². The first kappa shape index (κ1) is 21.8. The molecule has 2 aromatic carbocycles. The van der Waals surface area contributed by atoms with Crippen molar-refractivity contribution < 1.29 is 23.8 Å². The van der Waals surface area contributed by atoms with Crippen molar-refractivity contribution >= 4 is 17.5 Å². The van der Waals surface area contributed by atoms with Crippen molar-refractivity contribution in [2.24, 2.45) is 0 Å². The van der Waals surface area contributed by atoms with Crippen LogP contribution >= 0.6 is 0 Å². The summed E-state index contributed by atoms with van der Waals surface area (Å²) in [7, 11) is 1.61. The number of ether oxygens (including phenoxy) is 3. The van der Waals surface area contributed by atoms with Gasteiger partial charge in [-0.3, -0.25) is 19.2 Å². The van der Waals surface area contributed by atoms with E-state index in [1.807, 2.05) is 31.2 Å². The van der Waals surface area contributed by atoms with Crippen molar-refractivity contribution in [3.8, 4) is 17.2 Å². The van der Waals surface area contributed by atoms with E-state index in [-0.39, 0.29) is 18.4 Å². The summed E-state index contributed by atoms with van der Waals surface area (Å²) in [6.45, 7) is 5.01. The Bertz CT molecular complexity index is 1250. The molecule has 0 aliphatic carbocycles. The maximum Gasteiger partial charge on any atom is 0.277 e. The summed E-state index contributed by atoms with van der Waals surface area (Å²) in [5, 5.41) is 7.44. The van der Waals surface area contributed by atoms with Crippen LogP contribution in [0.3, 0.4) is 0 Å². The minimum Gasteiger partial charge on any atom is -0.497 e. The summed E-state index contributed by atoms with van der Waals surface area (Å²) in [6.07, 6.45) is 0. The normalized spacial score (nSPS) is 18.9. The van der Waals surface area contributed by atoms with Crippen molar-refractivity contribution in [1.82, 2.24) is 15.1 Å². The van der Waals surface area contributed by atoms with Gasteiger partial charge in [0.2, 0.25) is 5.91 Å². The molecule has 0 radical (unpaired) electrons. The van der Waals surface area contributed by atoms with Gasteiger partial charge in [-0.05, 0) is 49.7 Å². The van der Waals surface area contributed by atoms with Crippen LogP contribution in [0.25, 0.3) is 0 Å². The van der Waals surface area contributed by atoms with Crippen LogP contribution in [-0.4, -0.2) is 47.5 Å². The van der Waals surface area contributed by atoms with Gasteiger partial charge in [-0.1, -0.05) is 12.1 Å². The molecule has 1 atom stereocenters. The van der Waals surface area contributed by atoms with Crippen molar-refractivity contribution in [3.63, 3.8) is 0 Å². The van der Waals surface area contributed by atoms with E-state index in [4.69, 9.17) is 14.2 Å². The van der Waals surface area contributed by atoms with E-state index >= 15 is 0 Å². The van der Waals surface area contributed by atoms with Gasteiger partial charge >= 0.3 is 0 Å². The molecule has 5 rings (SSSR count). The van der Waals surface area contributed by atoms with Crippen molar-refractivity contribution in [3.05, 3.63) is 65.5 Å². The zero-order chi connectivity index (χ0) is 23.9. The van der Waals surface area contributed by atoms with E-state index in [1.54, 1.807) is 43.0 Å². The van der Waals surface area contributed by atoms with E-state index in [0.29, 0.717) is 48.3 Å². The van der Waals surface area contributed by atoms with Crippen molar-refractivity contribution in [2.45, 2.75) is 32.5 Å². The number of fused-ring (bicyclic) bond motifs is 2. The van der Waals surface area contributed by atoms with Crippen molar-refractivity contribution in [1.29, 1.82) is 0 Å². The highest BCUT2D eigenvalue weighted by atomic mass is 16.6. The lowest BCUT2D eigenvalue weighted by atomic mass is 9.93. The quantitative estimate of drug-likeness (QED) is 0.627. The van der Waals surface area contributed by atoms with Crippen molar-refractivity contribution in [2.75, 3.05) is 25.2 Å². The Morgan fingerprint density at radius 3 is 2.59 bits per heavy atom. The molecule has 3 aromatic rings. The number of benzene rings is 2. The predicted octanol–water partition coefficient (Wildman–Crippen LogP) is 2.71. The Kier molecular flexibility index (Phi) is 5.39. The molecular weight excluding hydrogens is 436 g/mol. The molecule has 1 N–H and O–H groups in total. The highest BCUT2D eigenvalue weighted by Crippen LogP contribution is 2.39. The minimum atomic E-state index is -1.22. The van der Waals surface area contributed by atoms with Gasteiger partial charge in [0.1, 0.15) is 30.2 Å². The monoisotopic (exact) mass is 462 g/mol. The van der Waals surface area contributed by atoms with Gasteiger partial charge in [-0.2, -0.15) is 5.10 Å². The summed E-state index contributed by atoms with van der Waals surface area (Å²) in [5.41, 5.74) is 1.41. The maximum absolute atomic E-state index is 13.7. The first-order chi connectivity index (χ1) is 16.4. The second-order valence-corrected chi connectivity index (χ2v) is 8.60. The number of anilines is 1.